The van der Waals surface area contributed by atoms with Gasteiger partial charge in [0.05, 0.1) is 5.41 Å². The number of fused-ring (bicyclic) bond motifs is 13. The minimum Gasteiger partial charge on any atom is -0.455 e. The van der Waals surface area contributed by atoms with Gasteiger partial charge in [0.25, 0.3) is 0 Å². The van der Waals surface area contributed by atoms with Crippen LogP contribution in [0.25, 0.3) is 60.5 Å². The number of furan rings is 1. The van der Waals surface area contributed by atoms with E-state index in [1.54, 1.807) is 0 Å². The van der Waals surface area contributed by atoms with Crippen LogP contribution in [0.1, 0.15) is 40.7 Å². The molecule has 0 unspecified atom stereocenters. The molecule has 10 aromatic rings. The first-order valence-corrected chi connectivity index (χ1v) is 22.8. The van der Waals surface area contributed by atoms with E-state index < -0.39 is 5.41 Å². The molecule has 13 rings (SSSR count). The van der Waals surface area contributed by atoms with Crippen molar-refractivity contribution in [3.8, 4) is 22.3 Å². The summed E-state index contributed by atoms with van der Waals surface area (Å²) in [5, 5.41) is 5.32. The number of benzene rings is 9. The zero-order valence-corrected chi connectivity index (χ0v) is 35.8. The zero-order chi connectivity index (χ0) is 41.6. The van der Waals surface area contributed by atoms with Gasteiger partial charge in [0, 0.05) is 48.2 Å². The predicted molar refractivity (Wildman–Crippen MR) is 264 cm³/mol. The molecule has 0 atom stereocenters. The highest BCUT2D eigenvalue weighted by Gasteiger charge is 2.50. The fourth-order valence-corrected chi connectivity index (χ4v) is 12.1. The Hall–Kier alpha value is -7.04. The second-order valence-corrected chi connectivity index (χ2v) is 18.3. The van der Waals surface area contributed by atoms with Crippen LogP contribution in [-0.4, -0.2) is 0 Å². The Kier molecular flexibility index (Phi) is 8.28. The molecule has 0 bridgehead atoms. The van der Waals surface area contributed by atoms with Crippen LogP contribution >= 0.6 is 23.4 Å². The number of allylic oxidation sites excluding steroid dienone is 4. The molecule has 0 saturated heterocycles. The summed E-state index contributed by atoms with van der Waals surface area (Å²) in [6.07, 6.45) is 9.03. The largest absolute Gasteiger partial charge is 0.455 e. The highest BCUT2D eigenvalue weighted by molar-refractivity contribution is 7.99. The van der Waals surface area contributed by atoms with Gasteiger partial charge in [0.1, 0.15) is 11.2 Å². The van der Waals surface area contributed by atoms with Crippen molar-refractivity contribution >= 4 is 78.7 Å². The highest BCUT2D eigenvalue weighted by atomic mass is 35.5. The van der Waals surface area contributed by atoms with Gasteiger partial charge in [-0.1, -0.05) is 169 Å². The first-order valence-electron chi connectivity index (χ1n) is 21.7. The molecule has 2 aliphatic carbocycles. The minimum atomic E-state index is -0.502. The lowest BCUT2D eigenvalue weighted by atomic mass is 9.67. The highest BCUT2D eigenvalue weighted by Crippen LogP contribution is 2.63. The molecule has 63 heavy (non-hydrogen) atoms. The SMILES string of the molecule is Clc1ccc2c(c1)Sc1cc(N(c3ccc(C4=CCCC=C4)cc3)c3cc(-c4ccc5ccccc5c4)c4oc5ccccc5c4c3)ccc1C21c2ccccc2-c2ccccc21. The number of hydrogen-bond acceptors (Lipinski definition) is 3. The molecule has 0 amide bonds. The predicted octanol–water partition coefficient (Wildman–Crippen LogP) is 17.1. The van der Waals surface area contributed by atoms with Gasteiger partial charge in [-0.3, -0.25) is 0 Å². The molecule has 1 spiro atoms. The summed E-state index contributed by atoms with van der Waals surface area (Å²) in [5.41, 5.74) is 16.8. The van der Waals surface area contributed by atoms with Crippen LogP contribution in [0, 0.1) is 0 Å². The lowest BCUT2D eigenvalue weighted by Crippen LogP contribution is -2.32. The molecule has 0 fully saturated rings. The van der Waals surface area contributed by atoms with Crippen molar-refractivity contribution in [2.75, 3.05) is 4.90 Å². The Morgan fingerprint density at radius 1 is 0.492 bits per heavy atom. The third-order valence-corrected chi connectivity index (χ3v) is 14.7. The Morgan fingerprint density at radius 3 is 1.97 bits per heavy atom. The van der Waals surface area contributed by atoms with Gasteiger partial charge in [-0.05, 0) is 134 Å². The Balaban J connectivity index is 1.06. The van der Waals surface area contributed by atoms with E-state index in [-0.39, 0.29) is 0 Å². The first kappa shape index (κ1) is 36.6. The molecule has 9 aromatic carbocycles. The van der Waals surface area contributed by atoms with Crippen LogP contribution in [0.4, 0.5) is 17.1 Å². The van der Waals surface area contributed by atoms with Gasteiger partial charge < -0.3 is 9.32 Å². The maximum Gasteiger partial charge on any atom is 0.143 e. The van der Waals surface area contributed by atoms with E-state index >= 15 is 0 Å². The summed E-state index contributed by atoms with van der Waals surface area (Å²) in [7, 11) is 0. The monoisotopic (exact) mass is 843 g/mol. The summed E-state index contributed by atoms with van der Waals surface area (Å²) in [4.78, 5) is 4.81. The molecule has 4 heteroatoms. The van der Waals surface area contributed by atoms with Crippen LogP contribution in [0.5, 0.6) is 0 Å². The number of halogens is 1. The molecule has 2 nitrogen and oxygen atoms in total. The quantitative estimate of drug-likeness (QED) is 0.172. The lowest BCUT2D eigenvalue weighted by molar-refractivity contribution is 0.670. The van der Waals surface area contributed by atoms with E-state index in [0.717, 1.165) is 68.0 Å². The van der Waals surface area contributed by atoms with E-state index in [1.165, 1.54) is 65.1 Å². The third kappa shape index (κ3) is 5.60. The molecule has 1 aliphatic heterocycles. The van der Waals surface area contributed by atoms with Crippen molar-refractivity contribution < 1.29 is 4.42 Å². The van der Waals surface area contributed by atoms with Crippen molar-refractivity contribution in [2.24, 2.45) is 0 Å². The van der Waals surface area contributed by atoms with Crippen molar-refractivity contribution in [3.05, 3.63) is 239 Å². The van der Waals surface area contributed by atoms with Crippen LogP contribution in [0.3, 0.4) is 0 Å². The third-order valence-electron chi connectivity index (χ3n) is 13.4. The number of rotatable bonds is 5. The van der Waals surface area contributed by atoms with E-state index in [0.29, 0.717) is 0 Å². The van der Waals surface area contributed by atoms with E-state index in [9.17, 15) is 0 Å². The molecular weight excluding hydrogens is 806 g/mol. The maximum absolute atomic E-state index is 6.85. The minimum absolute atomic E-state index is 0.502. The maximum atomic E-state index is 6.85. The normalized spacial score (nSPS) is 14.4. The summed E-state index contributed by atoms with van der Waals surface area (Å²) >= 11 is 8.67. The number of hydrogen-bond donors (Lipinski definition) is 0. The van der Waals surface area contributed by atoms with E-state index in [1.807, 2.05) is 11.8 Å². The zero-order valence-electron chi connectivity index (χ0n) is 34.2. The van der Waals surface area contributed by atoms with Crippen LogP contribution in [-0.2, 0) is 5.41 Å². The van der Waals surface area contributed by atoms with Gasteiger partial charge >= 0.3 is 0 Å². The Labute approximate surface area is 375 Å². The molecule has 0 N–H and O–H groups in total. The van der Waals surface area contributed by atoms with Gasteiger partial charge in [-0.2, -0.15) is 0 Å². The van der Waals surface area contributed by atoms with Gasteiger partial charge in [-0.15, -0.1) is 0 Å². The second kappa shape index (κ2) is 14.3. The smallest absolute Gasteiger partial charge is 0.143 e. The molecular formula is C59H38ClNOS. The van der Waals surface area contributed by atoms with Crippen molar-refractivity contribution in [3.63, 3.8) is 0 Å². The summed E-state index contributed by atoms with van der Waals surface area (Å²) in [5.74, 6) is 0. The van der Waals surface area contributed by atoms with Crippen LogP contribution in [0.15, 0.2) is 220 Å². The van der Waals surface area contributed by atoms with Crippen LogP contribution in [0.2, 0.25) is 5.02 Å². The number of nitrogens with zero attached hydrogens (tertiary/aromatic N) is 1. The average molecular weight is 844 g/mol. The summed E-state index contributed by atoms with van der Waals surface area (Å²) < 4.78 is 6.76. The summed E-state index contributed by atoms with van der Waals surface area (Å²) in [6.45, 7) is 0. The van der Waals surface area contributed by atoms with Gasteiger partial charge in [-0.25, -0.2) is 0 Å². The number of para-hydroxylation sites is 1. The Bertz CT molecular complexity index is 3530. The van der Waals surface area contributed by atoms with E-state index in [2.05, 4.69) is 211 Å². The van der Waals surface area contributed by atoms with Crippen LogP contribution < -0.4 is 4.90 Å². The average Bonchev–Trinajstić information content (AvgIpc) is 3.86. The van der Waals surface area contributed by atoms with Gasteiger partial charge in [0.15, 0.2) is 0 Å². The van der Waals surface area contributed by atoms with Crippen molar-refractivity contribution in [1.29, 1.82) is 0 Å². The standard InChI is InChI=1S/C59H38ClNOS/c60-42-26-30-53-56(33-42)63-57-36-44(29-31-54(57)59(53)51-19-9-6-16-46(51)47-17-7-10-20-52(47)59)61(43-27-24-39(25-28-43)37-12-2-1-3-13-37)45-34-49(41-23-22-38-14-4-5-15-40(38)32-41)58-50(35-45)48-18-8-11-21-55(48)62-58/h2,4-36H,1,3H2. The fraction of sp³-hybridized carbons (Fsp3) is 0.0508. The topological polar surface area (TPSA) is 16.4 Å². The molecule has 1 aromatic heterocycles. The second-order valence-electron chi connectivity index (χ2n) is 16.8. The van der Waals surface area contributed by atoms with Gasteiger partial charge in [0.2, 0.25) is 0 Å². The number of anilines is 3. The van der Waals surface area contributed by atoms with Crippen molar-refractivity contribution in [2.45, 2.75) is 28.0 Å². The molecule has 2 heterocycles. The molecule has 298 valence electrons. The lowest BCUT2D eigenvalue weighted by Gasteiger charge is -2.40. The van der Waals surface area contributed by atoms with Crippen molar-refractivity contribution in [1.82, 2.24) is 0 Å². The molecule has 0 saturated carbocycles. The summed E-state index contributed by atoms with van der Waals surface area (Å²) in [6, 6.07) is 68.9. The molecule has 0 radical (unpaired) electrons. The van der Waals surface area contributed by atoms with E-state index in [4.69, 9.17) is 16.0 Å². The Morgan fingerprint density at radius 2 is 1.17 bits per heavy atom. The fourth-order valence-electron chi connectivity index (χ4n) is 10.6. The molecule has 3 aliphatic rings. The first-order chi connectivity index (χ1) is 31.1.